The van der Waals surface area contributed by atoms with Crippen molar-refractivity contribution in [2.24, 2.45) is 11.8 Å². The lowest BCUT2D eigenvalue weighted by atomic mass is 9.65. The molecule has 2 fully saturated rings. The average Bonchev–Trinajstić information content (AvgIpc) is 3.62. The first-order valence-corrected chi connectivity index (χ1v) is 14.8. The molecule has 1 N–H and O–H groups in total. The van der Waals surface area contributed by atoms with Crippen LogP contribution in [-0.2, 0) is 26.3 Å². The predicted molar refractivity (Wildman–Crippen MR) is 161 cm³/mol. The number of morpholine rings is 1. The van der Waals surface area contributed by atoms with E-state index in [4.69, 9.17) is 18.9 Å². The molecule has 7 rings (SSSR count). The number of aromatic nitrogens is 2. The van der Waals surface area contributed by atoms with Crippen LogP contribution in [0.3, 0.4) is 0 Å². The van der Waals surface area contributed by atoms with Crippen molar-refractivity contribution < 1.29 is 28.3 Å². The van der Waals surface area contributed by atoms with Crippen LogP contribution in [0, 0.1) is 11.8 Å². The maximum absolute atomic E-state index is 13.9. The lowest BCUT2D eigenvalue weighted by Gasteiger charge is -2.44. The van der Waals surface area contributed by atoms with Gasteiger partial charge < -0.3 is 23.7 Å². The molecule has 3 amide bonds. The summed E-state index contributed by atoms with van der Waals surface area (Å²) in [6.45, 7) is 6.99. The van der Waals surface area contributed by atoms with E-state index in [9.17, 15) is 14.4 Å². The van der Waals surface area contributed by atoms with E-state index in [1.165, 1.54) is 0 Å². The fourth-order valence-corrected chi connectivity index (χ4v) is 6.55. The first-order valence-electron chi connectivity index (χ1n) is 14.8. The molecule has 11 heteroatoms. The molecule has 3 aliphatic rings. The molecule has 3 atom stereocenters. The molecule has 0 aliphatic carbocycles. The summed E-state index contributed by atoms with van der Waals surface area (Å²) in [6.07, 6.45) is 1.80. The van der Waals surface area contributed by atoms with Gasteiger partial charge in [-0.25, -0.2) is 9.97 Å². The molecular weight excluding hydrogens is 562 g/mol. The normalized spacial score (nSPS) is 23.7. The number of amides is 3. The number of rotatable bonds is 6. The summed E-state index contributed by atoms with van der Waals surface area (Å²) >= 11 is 0. The monoisotopic (exact) mass is 595 g/mol. The third-order valence-electron chi connectivity index (χ3n) is 9.41. The Labute approximate surface area is 254 Å². The van der Waals surface area contributed by atoms with E-state index in [0.717, 1.165) is 30.0 Å². The minimum atomic E-state index is -1.32. The third kappa shape index (κ3) is 4.50. The van der Waals surface area contributed by atoms with E-state index in [1.54, 1.807) is 37.3 Å². The summed E-state index contributed by atoms with van der Waals surface area (Å²) in [4.78, 5) is 53.5. The Balaban J connectivity index is 1.24. The highest BCUT2D eigenvalue weighted by Crippen LogP contribution is 2.44. The van der Waals surface area contributed by atoms with Gasteiger partial charge in [0.2, 0.25) is 11.8 Å². The molecule has 2 saturated heterocycles. The van der Waals surface area contributed by atoms with Gasteiger partial charge in [-0.2, -0.15) is 0 Å². The molecule has 0 bridgehead atoms. The van der Waals surface area contributed by atoms with Crippen molar-refractivity contribution in [1.82, 2.24) is 20.2 Å². The van der Waals surface area contributed by atoms with E-state index in [1.807, 2.05) is 43.3 Å². The summed E-state index contributed by atoms with van der Waals surface area (Å²) in [7, 11) is 1.55. The minimum Gasteiger partial charge on any atom is -0.497 e. The first-order chi connectivity index (χ1) is 21.3. The third-order valence-corrected chi connectivity index (χ3v) is 9.41. The molecule has 1 aromatic carbocycles. The molecule has 0 saturated carbocycles. The van der Waals surface area contributed by atoms with E-state index in [0.29, 0.717) is 53.6 Å². The second-order valence-corrected chi connectivity index (χ2v) is 11.7. The number of carbonyl (C=O) groups is 3. The highest BCUT2D eigenvalue weighted by Gasteiger charge is 2.56. The van der Waals surface area contributed by atoms with Gasteiger partial charge in [0.25, 0.3) is 5.91 Å². The second kappa shape index (κ2) is 10.7. The van der Waals surface area contributed by atoms with Gasteiger partial charge in [0.05, 0.1) is 26.0 Å². The summed E-state index contributed by atoms with van der Waals surface area (Å²) in [5.74, 6) is -0.158. The van der Waals surface area contributed by atoms with Gasteiger partial charge in [0, 0.05) is 55.5 Å². The predicted octanol–water partition coefficient (Wildman–Crippen LogP) is 3.56. The number of hydrogen-bond acceptors (Lipinski definition) is 9. The topological polar surface area (TPSA) is 127 Å². The smallest absolute Gasteiger partial charge is 0.254 e. The average molecular weight is 596 g/mol. The van der Waals surface area contributed by atoms with Crippen LogP contribution in [0.4, 0.5) is 5.82 Å². The van der Waals surface area contributed by atoms with Crippen molar-refractivity contribution in [3.05, 3.63) is 71.6 Å². The van der Waals surface area contributed by atoms with Gasteiger partial charge in [-0.3, -0.25) is 19.7 Å². The largest absolute Gasteiger partial charge is 0.497 e. The number of nitrogens with one attached hydrogen (secondary N) is 1. The van der Waals surface area contributed by atoms with Gasteiger partial charge in [0.1, 0.15) is 28.3 Å². The van der Waals surface area contributed by atoms with Gasteiger partial charge in [-0.1, -0.05) is 19.9 Å². The molecule has 11 nitrogen and oxygen atoms in total. The van der Waals surface area contributed by atoms with Crippen LogP contribution in [0.25, 0.3) is 22.4 Å². The van der Waals surface area contributed by atoms with Crippen molar-refractivity contribution in [1.29, 1.82) is 0 Å². The van der Waals surface area contributed by atoms with Crippen LogP contribution in [0.5, 0.6) is 5.75 Å². The Morgan fingerprint density at radius 1 is 1.05 bits per heavy atom. The summed E-state index contributed by atoms with van der Waals surface area (Å²) < 4.78 is 17.1. The van der Waals surface area contributed by atoms with E-state index >= 15 is 0 Å². The molecule has 3 unspecified atom stereocenters. The molecule has 0 radical (unpaired) electrons. The number of imide groups is 1. The summed E-state index contributed by atoms with van der Waals surface area (Å²) in [5, 5.41) is 2.55. The lowest BCUT2D eigenvalue weighted by Crippen LogP contribution is -2.63. The number of pyridine rings is 2. The van der Waals surface area contributed by atoms with E-state index in [2.05, 4.69) is 15.2 Å². The van der Waals surface area contributed by atoms with Crippen molar-refractivity contribution >= 4 is 34.6 Å². The van der Waals surface area contributed by atoms with Crippen molar-refractivity contribution in [2.45, 2.75) is 25.8 Å². The number of fused-ring (bicyclic) bond motifs is 2. The van der Waals surface area contributed by atoms with E-state index in [-0.39, 0.29) is 18.4 Å². The number of hydrogen-bond donors (Lipinski definition) is 1. The van der Waals surface area contributed by atoms with Crippen molar-refractivity contribution in [3.63, 3.8) is 0 Å². The van der Waals surface area contributed by atoms with Gasteiger partial charge in [0.15, 0.2) is 5.58 Å². The molecule has 3 aliphatic heterocycles. The molecule has 3 aromatic heterocycles. The quantitative estimate of drug-likeness (QED) is 0.333. The van der Waals surface area contributed by atoms with Crippen molar-refractivity contribution in [2.75, 3.05) is 44.9 Å². The van der Waals surface area contributed by atoms with Crippen LogP contribution in [0.1, 0.15) is 35.5 Å². The van der Waals surface area contributed by atoms with Crippen molar-refractivity contribution in [3.8, 4) is 17.0 Å². The zero-order valence-corrected chi connectivity index (χ0v) is 24.8. The summed E-state index contributed by atoms with van der Waals surface area (Å²) in [6, 6.07) is 14.8. The molecular formula is C33H33N5O6. The highest BCUT2D eigenvalue weighted by molar-refractivity contribution is 6.06. The van der Waals surface area contributed by atoms with E-state index < -0.39 is 23.2 Å². The zero-order chi connectivity index (χ0) is 30.6. The number of anilines is 1. The van der Waals surface area contributed by atoms with Gasteiger partial charge >= 0.3 is 0 Å². The number of benzene rings is 1. The number of nitrogens with zero attached hydrogens (tertiary/aromatic N) is 4. The van der Waals surface area contributed by atoms with Gasteiger partial charge in [-0.05, 0) is 47.9 Å². The molecule has 4 aromatic rings. The van der Waals surface area contributed by atoms with Crippen LogP contribution in [0.2, 0.25) is 0 Å². The second-order valence-electron chi connectivity index (χ2n) is 11.7. The van der Waals surface area contributed by atoms with Crippen LogP contribution in [0.15, 0.2) is 59.1 Å². The first kappa shape index (κ1) is 28.0. The number of furan rings is 1. The summed E-state index contributed by atoms with van der Waals surface area (Å²) in [5.41, 5.74) is 2.70. The SMILES string of the molecule is COc1ccc2c(c1)C(=O)N(CC1(c3cc4nc(-c5ccc(N6CCOCC6)nc5)ccc4o3)C(=O)NC(=O)C(C)C1C)C2. The Morgan fingerprint density at radius 3 is 2.61 bits per heavy atom. The van der Waals surface area contributed by atoms with Gasteiger partial charge in [-0.15, -0.1) is 0 Å². The maximum atomic E-state index is 13.9. The van der Waals surface area contributed by atoms with Crippen LogP contribution in [-0.4, -0.2) is 72.5 Å². The fourth-order valence-electron chi connectivity index (χ4n) is 6.55. The standard InChI is InChI=1S/C33H33N5O6/c1-19-20(2)33(32(41)36-30(19)39,18-38-17-22-4-6-23(42-3)14-24(22)31(38)40)28-15-26-27(44-28)8-7-25(35-26)21-5-9-29(34-16-21)37-10-12-43-13-11-37/h4-9,14-16,19-20H,10-13,17-18H2,1-3H3,(H,36,39,41). The Hall–Kier alpha value is -4.77. The molecule has 226 valence electrons. The Kier molecular flexibility index (Phi) is 6.84. The highest BCUT2D eigenvalue weighted by atomic mass is 16.5. The number of piperidine rings is 1. The number of ether oxygens (including phenoxy) is 2. The van der Waals surface area contributed by atoms with Crippen LogP contribution < -0.4 is 15.0 Å². The number of carbonyl (C=O) groups excluding carboxylic acids is 3. The minimum absolute atomic E-state index is 0.0348. The number of methoxy groups -OCH3 is 1. The zero-order valence-electron chi connectivity index (χ0n) is 24.8. The molecule has 6 heterocycles. The molecule has 0 spiro atoms. The lowest BCUT2D eigenvalue weighted by molar-refractivity contribution is -0.146. The maximum Gasteiger partial charge on any atom is 0.254 e. The molecule has 44 heavy (non-hydrogen) atoms. The van der Waals surface area contributed by atoms with Crippen LogP contribution >= 0.6 is 0 Å². The fraction of sp³-hybridized carbons (Fsp3) is 0.364. The Morgan fingerprint density at radius 2 is 1.86 bits per heavy atom. The Bertz CT molecular complexity index is 1780.